The Morgan fingerprint density at radius 2 is 2.13 bits per heavy atom. The van der Waals surface area contributed by atoms with Gasteiger partial charge in [-0.3, -0.25) is 4.79 Å². The van der Waals surface area contributed by atoms with Crippen molar-refractivity contribution in [3.63, 3.8) is 0 Å². The van der Waals surface area contributed by atoms with Crippen LogP contribution in [0.4, 0.5) is 0 Å². The van der Waals surface area contributed by atoms with E-state index in [0.29, 0.717) is 19.1 Å². The van der Waals surface area contributed by atoms with Crippen molar-refractivity contribution >= 4 is 5.91 Å². The van der Waals surface area contributed by atoms with Crippen molar-refractivity contribution in [2.45, 2.75) is 37.8 Å². The number of hydrogen-bond acceptors (Lipinski definition) is 3. The molecule has 1 aromatic heterocycles. The lowest BCUT2D eigenvalue weighted by Crippen LogP contribution is -2.51. The summed E-state index contributed by atoms with van der Waals surface area (Å²) in [6.45, 7) is 1.40. The third kappa shape index (κ3) is 2.88. The summed E-state index contributed by atoms with van der Waals surface area (Å²) in [5.41, 5.74) is 2.06. The Morgan fingerprint density at radius 1 is 1.26 bits per heavy atom. The number of carbonyl (C=O) groups excluding carboxylic acids is 1. The van der Waals surface area contributed by atoms with Gasteiger partial charge in [-0.15, -0.1) is 0 Å². The van der Waals surface area contributed by atoms with Gasteiger partial charge in [0.1, 0.15) is 0 Å². The number of fused-ring (bicyclic) bond motifs is 1. The first-order valence-electron chi connectivity index (χ1n) is 8.31. The molecule has 5 nitrogen and oxygen atoms in total. The van der Waals surface area contributed by atoms with E-state index in [0.717, 1.165) is 37.1 Å². The van der Waals surface area contributed by atoms with Crippen LogP contribution in [0.15, 0.2) is 42.7 Å². The summed E-state index contributed by atoms with van der Waals surface area (Å²) >= 11 is 0. The molecule has 1 aromatic carbocycles. The number of carbonyl (C=O) groups is 1. The lowest BCUT2D eigenvalue weighted by molar-refractivity contribution is -0.143. The molecule has 0 radical (unpaired) electrons. The maximum absolute atomic E-state index is 12.7. The molecule has 23 heavy (non-hydrogen) atoms. The molecule has 2 atom stereocenters. The fourth-order valence-electron chi connectivity index (χ4n) is 3.70. The van der Waals surface area contributed by atoms with E-state index in [1.54, 1.807) is 6.20 Å². The van der Waals surface area contributed by atoms with Crippen LogP contribution in [0, 0.1) is 0 Å². The van der Waals surface area contributed by atoms with Gasteiger partial charge in [-0.05, 0) is 43.0 Å². The molecule has 1 saturated heterocycles. The fraction of sp³-hybridized carbons (Fsp3) is 0.444. The molecular formula is C18H21N3O2. The zero-order valence-corrected chi connectivity index (χ0v) is 13.1. The van der Waals surface area contributed by atoms with E-state index in [1.807, 2.05) is 46.1 Å². The Balaban J connectivity index is 1.44. The first-order chi connectivity index (χ1) is 11.3. The SMILES string of the molecule is O=C(Cc1ccc(-n2cccn2)cc1)N1CCO[C@@H]2CCC[C@@H]21. The Morgan fingerprint density at radius 3 is 2.91 bits per heavy atom. The van der Waals surface area contributed by atoms with Crippen LogP contribution in [0.3, 0.4) is 0 Å². The fourth-order valence-corrected chi connectivity index (χ4v) is 3.70. The van der Waals surface area contributed by atoms with Gasteiger partial charge in [0.15, 0.2) is 0 Å². The first-order valence-corrected chi connectivity index (χ1v) is 8.31. The van der Waals surface area contributed by atoms with Crippen LogP contribution in [-0.4, -0.2) is 45.9 Å². The summed E-state index contributed by atoms with van der Waals surface area (Å²) in [7, 11) is 0. The smallest absolute Gasteiger partial charge is 0.227 e. The lowest BCUT2D eigenvalue weighted by Gasteiger charge is -2.37. The average Bonchev–Trinajstić information content (AvgIpc) is 3.26. The Bertz CT molecular complexity index is 666. The van der Waals surface area contributed by atoms with Gasteiger partial charge in [0.25, 0.3) is 0 Å². The first kappa shape index (κ1) is 14.5. The lowest BCUT2D eigenvalue weighted by atomic mass is 10.1. The largest absolute Gasteiger partial charge is 0.374 e. The van der Waals surface area contributed by atoms with Crippen molar-refractivity contribution in [1.29, 1.82) is 0 Å². The van der Waals surface area contributed by atoms with E-state index in [1.165, 1.54) is 0 Å². The molecule has 1 amide bonds. The van der Waals surface area contributed by atoms with Crippen molar-refractivity contribution in [2.75, 3.05) is 13.2 Å². The number of amides is 1. The molecule has 1 aliphatic heterocycles. The minimum atomic E-state index is 0.219. The zero-order chi connectivity index (χ0) is 15.6. The molecule has 0 unspecified atom stereocenters. The second kappa shape index (κ2) is 6.16. The van der Waals surface area contributed by atoms with Crippen LogP contribution >= 0.6 is 0 Å². The van der Waals surface area contributed by atoms with Crippen molar-refractivity contribution < 1.29 is 9.53 Å². The van der Waals surface area contributed by atoms with E-state index in [2.05, 4.69) is 5.10 Å². The minimum Gasteiger partial charge on any atom is -0.374 e. The highest BCUT2D eigenvalue weighted by Gasteiger charge is 2.38. The summed E-state index contributed by atoms with van der Waals surface area (Å²) in [6.07, 6.45) is 7.72. The predicted molar refractivity (Wildman–Crippen MR) is 86.4 cm³/mol. The Kier molecular flexibility index (Phi) is 3.87. The summed E-state index contributed by atoms with van der Waals surface area (Å²) in [5, 5.41) is 4.21. The van der Waals surface area contributed by atoms with Gasteiger partial charge in [0, 0.05) is 18.9 Å². The van der Waals surface area contributed by atoms with Gasteiger partial charge in [-0.1, -0.05) is 12.1 Å². The summed E-state index contributed by atoms with van der Waals surface area (Å²) in [5.74, 6) is 0.219. The highest BCUT2D eigenvalue weighted by Crippen LogP contribution is 2.30. The van der Waals surface area contributed by atoms with Gasteiger partial charge in [0.05, 0.1) is 30.9 Å². The molecular weight excluding hydrogens is 290 g/mol. The van der Waals surface area contributed by atoms with Gasteiger partial charge in [-0.25, -0.2) is 4.68 Å². The number of ether oxygens (including phenoxy) is 1. The quantitative estimate of drug-likeness (QED) is 0.873. The molecule has 1 saturated carbocycles. The monoisotopic (exact) mass is 311 g/mol. The molecule has 2 heterocycles. The molecule has 0 bridgehead atoms. The third-order valence-corrected chi connectivity index (χ3v) is 4.86. The van der Waals surface area contributed by atoms with E-state index < -0.39 is 0 Å². The molecule has 4 rings (SSSR count). The van der Waals surface area contributed by atoms with Crippen LogP contribution in [-0.2, 0) is 16.0 Å². The van der Waals surface area contributed by atoms with Crippen LogP contribution in [0.2, 0.25) is 0 Å². The predicted octanol–water partition coefficient (Wildman–Crippen LogP) is 2.19. The van der Waals surface area contributed by atoms with Crippen LogP contribution < -0.4 is 0 Å². The average molecular weight is 311 g/mol. The van der Waals surface area contributed by atoms with Gasteiger partial charge in [0.2, 0.25) is 5.91 Å². The summed E-state index contributed by atoms with van der Waals surface area (Å²) in [6, 6.07) is 10.2. The third-order valence-electron chi connectivity index (χ3n) is 4.86. The van der Waals surface area contributed by atoms with Crippen LogP contribution in [0.1, 0.15) is 24.8 Å². The van der Waals surface area contributed by atoms with E-state index in [9.17, 15) is 4.79 Å². The van der Waals surface area contributed by atoms with E-state index >= 15 is 0 Å². The molecule has 2 aromatic rings. The molecule has 2 fully saturated rings. The highest BCUT2D eigenvalue weighted by molar-refractivity contribution is 5.79. The molecule has 1 aliphatic carbocycles. The van der Waals surface area contributed by atoms with E-state index in [-0.39, 0.29) is 12.0 Å². The van der Waals surface area contributed by atoms with Gasteiger partial charge < -0.3 is 9.64 Å². The standard InChI is InChI=1S/C18H21N3O2/c22-18(20-11-12-23-17-4-1-3-16(17)20)13-14-5-7-15(8-6-14)21-10-2-9-19-21/h2,5-10,16-17H,1,3-4,11-13H2/t16-,17+/m0/s1. The number of benzene rings is 1. The molecule has 2 aliphatic rings. The van der Waals surface area contributed by atoms with Gasteiger partial charge >= 0.3 is 0 Å². The number of rotatable bonds is 3. The van der Waals surface area contributed by atoms with Crippen molar-refractivity contribution in [3.8, 4) is 5.69 Å². The highest BCUT2D eigenvalue weighted by atomic mass is 16.5. The molecule has 0 spiro atoms. The number of aromatic nitrogens is 2. The van der Waals surface area contributed by atoms with Crippen LogP contribution in [0.25, 0.3) is 5.69 Å². The molecule has 0 N–H and O–H groups in total. The topological polar surface area (TPSA) is 47.4 Å². The minimum absolute atomic E-state index is 0.219. The Hall–Kier alpha value is -2.14. The summed E-state index contributed by atoms with van der Waals surface area (Å²) < 4.78 is 7.60. The maximum atomic E-state index is 12.7. The molecule has 120 valence electrons. The van der Waals surface area contributed by atoms with Crippen molar-refractivity contribution in [2.24, 2.45) is 0 Å². The normalized spacial score (nSPS) is 23.7. The van der Waals surface area contributed by atoms with Crippen molar-refractivity contribution in [3.05, 3.63) is 48.3 Å². The molecule has 5 heteroatoms. The maximum Gasteiger partial charge on any atom is 0.227 e. The van der Waals surface area contributed by atoms with E-state index in [4.69, 9.17) is 4.74 Å². The second-order valence-corrected chi connectivity index (χ2v) is 6.29. The van der Waals surface area contributed by atoms with Gasteiger partial charge in [-0.2, -0.15) is 5.10 Å². The second-order valence-electron chi connectivity index (χ2n) is 6.29. The Labute approximate surface area is 135 Å². The van der Waals surface area contributed by atoms with Crippen LogP contribution in [0.5, 0.6) is 0 Å². The zero-order valence-electron chi connectivity index (χ0n) is 13.1. The van der Waals surface area contributed by atoms with Crippen molar-refractivity contribution in [1.82, 2.24) is 14.7 Å². The number of morpholine rings is 1. The number of hydrogen-bond donors (Lipinski definition) is 0. The number of nitrogens with zero attached hydrogens (tertiary/aromatic N) is 3. The summed E-state index contributed by atoms with van der Waals surface area (Å²) in [4.78, 5) is 14.7.